The van der Waals surface area contributed by atoms with Crippen LogP contribution in [-0.2, 0) is 9.53 Å². The van der Waals surface area contributed by atoms with E-state index in [1.807, 2.05) is 0 Å². The van der Waals surface area contributed by atoms with Crippen LogP contribution in [0.2, 0.25) is 0 Å². The van der Waals surface area contributed by atoms with Crippen LogP contribution in [0.15, 0.2) is 0 Å². The molecule has 1 atom stereocenters. The average molecular weight is 199 g/mol. The number of rotatable bonds is 7. The van der Waals surface area contributed by atoms with Crippen molar-refractivity contribution < 1.29 is 9.53 Å². The van der Waals surface area contributed by atoms with Gasteiger partial charge in [-0.1, -0.05) is 13.8 Å². The van der Waals surface area contributed by atoms with Crippen LogP contribution < -0.4 is 0 Å². The van der Waals surface area contributed by atoms with Gasteiger partial charge in [0.2, 0.25) is 0 Å². The first-order valence-corrected chi connectivity index (χ1v) is 5.51. The van der Waals surface area contributed by atoms with Crippen LogP contribution in [0, 0.1) is 5.92 Å². The van der Waals surface area contributed by atoms with E-state index in [2.05, 4.69) is 18.7 Å². The van der Waals surface area contributed by atoms with Crippen LogP contribution in [0.1, 0.15) is 26.7 Å². The molecule has 82 valence electrons. The number of Topliss-reactive ketones (excluding diaryl/α,β-unsaturated/α-hetero) is 1. The number of hydrogen-bond donors (Lipinski definition) is 0. The number of nitrogens with zero attached hydrogens (tertiary/aromatic N) is 1. The minimum absolute atomic E-state index is 0.0116. The Kier molecular flexibility index (Phi) is 4.55. The van der Waals surface area contributed by atoms with Gasteiger partial charge < -0.3 is 4.74 Å². The van der Waals surface area contributed by atoms with Gasteiger partial charge in [0.05, 0.1) is 12.6 Å². The van der Waals surface area contributed by atoms with Gasteiger partial charge >= 0.3 is 0 Å². The summed E-state index contributed by atoms with van der Waals surface area (Å²) in [5.41, 5.74) is 0. The summed E-state index contributed by atoms with van der Waals surface area (Å²) in [5.74, 6) is 0.714. The Morgan fingerprint density at radius 3 is 2.36 bits per heavy atom. The molecular formula is C11H21NO2. The number of hydrogen-bond acceptors (Lipinski definition) is 3. The van der Waals surface area contributed by atoms with Crippen molar-refractivity contribution in [3.05, 3.63) is 0 Å². The molecule has 0 saturated heterocycles. The van der Waals surface area contributed by atoms with E-state index >= 15 is 0 Å². The normalized spacial score (nSPS) is 18.6. The Morgan fingerprint density at radius 1 is 1.43 bits per heavy atom. The zero-order chi connectivity index (χ0) is 10.6. The second-order valence-electron chi connectivity index (χ2n) is 3.87. The number of methoxy groups -OCH3 is 1. The Morgan fingerprint density at radius 2 is 2.00 bits per heavy atom. The van der Waals surface area contributed by atoms with Gasteiger partial charge in [0.1, 0.15) is 0 Å². The molecule has 14 heavy (non-hydrogen) atoms. The largest absolute Gasteiger partial charge is 0.383 e. The van der Waals surface area contributed by atoms with Gasteiger partial charge in [-0.15, -0.1) is 0 Å². The first kappa shape index (κ1) is 11.7. The lowest BCUT2D eigenvalue weighted by molar-refractivity contribution is -0.127. The van der Waals surface area contributed by atoms with E-state index in [4.69, 9.17) is 4.74 Å². The average Bonchev–Trinajstić information content (AvgIpc) is 3.00. The van der Waals surface area contributed by atoms with Gasteiger partial charge in [-0.05, 0) is 25.9 Å². The van der Waals surface area contributed by atoms with Gasteiger partial charge in [-0.3, -0.25) is 9.69 Å². The molecule has 0 heterocycles. The summed E-state index contributed by atoms with van der Waals surface area (Å²) < 4.78 is 5.13. The molecule has 1 unspecified atom stereocenters. The Hall–Kier alpha value is -0.410. The van der Waals surface area contributed by atoms with E-state index in [-0.39, 0.29) is 6.04 Å². The van der Waals surface area contributed by atoms with Crippen LogP contribution in [-0.4, -0.2) is 43.5 Å². The first-order valence-electron chi connectivity index (χ1n) is 5.51. The molecule has 1 rings (SSSR count). The maximum atomic E-state index is 11.9. The molecule has 1 fully saturated rings. The molecule has 1 aliphatic carbocycles. The fourth-order valence-corrected chi connectivity index (χ4v) is 1.83. The number of ketones is 1. The van der Waals surface area contributed by atoms with Crippen molar-refractivity contribution in [2.45, 2.75) is 32.7 Å². The van der Waals surface area contributed by atoms with E-state index in [1.165, 1.54) is 0 Å². The van der Waals surface area contributed by atoms with E-state index in [0.717, 1.165) is 25.9 Å². The summed E-state index contributed by atoms with van der Waals surface area (Å²) >= 11 is 0. The minimum atomic E-state index is -0.0116. The van der Waals surface area contributed by atoms with Crippen molar-refractivity contribution in [3.63, 3.8) is 0 Å². The molecule has 0 aromatic carbocycles. The van der Waals surface area contributed by atoms with Crippen molar-refractivity contribution in [3.8, 4) is 0 Å². The second-order valence-corrected chi connectivity index (χ2v) is 3.87. The van der Waals surface area contributed by atoms with Crippen molar-refractivity contribution in [2.75, 3.05) is 26.8 Å². The highest BCUT2D eigenvalue weighted by Crippen LogP contribution is 2.31. The molecule has 0 bridgehead atoms. The maximum absolute atomic E-state index is 11.9. The topological polar surface area (TPSA) is 29.5 Å². The van der Waals surface area contributed by atoms with Gasteiger partial charge in [-0.25, -0.2) is 0 Å². The van der Waals surface area contributed by atoms with Gasteiger partial charge in [0, 0.05) is 13.0 Å². The minimum Gasteiger partial charge on any atom is -0.383 e. The number of carbonyl (C=O) groups is 1. The number of carbonyl (C=O) groups excluding carboxylic acids is 1. The molecular weight excluding hydrogens is 178 g/mol. The lowest BCUT2D eigenvalue weighted by Gasteiger charge is -2.27. The zero-order valence-electron chi connectivity index (χ0n) is 9.45. The highest BCUT2D eigenvalue weighted by molar-refractivity contribution is 5.88. The Bertz CT molecular complexity index is 186. The number of likely N-dealkylation sites (N-methyl/N-ethyl adjacent to an activating group) is 1. The fraction of sp³-hybridized carbons (Fsp3) is 0.909. The van der Waals surface area contributed by atoms with Crippen molar-refractivity contribution in [1.29, 1.82) is 0 Å². The molecule has 0 spiro atoms. The summed E-state index contributed by atoms with van der Waals surface area (Å²) in [4.78, 5) is 14.1. The summed E-state index contributed by atoms with van der Waals surface area (Å²) in [6.45, 7) is 6.56. The summed E-state index contributed by atoms with van der Waals surface area (Å²) in [6.07, 6.45) is 2.17. The molecule has 3 heteroatoms. The van der Waals surface area contributed by atoms with E-state index in [1.54, 1.807) is 7.11 Å². The van der Waals surface area contributed by atoms with E-state index in [0.29, 0.717) is 18.3 Å². The van der Waals surface area contributed by atoms with Crippen molar-refractivity contribution >= 4 is 5.78 Å². The molecule has 1 saturated carbocycles. The number of ether oxygens (including phenoxy) is 1. The summed E-state index contributed by atoms with van der Waals surface area (Å²) in [6, 6.07) is -0.0116. The Balaban J connectivity index is 2.55. The first-order chi connectivity index (χ1) is 6.74. The molecule has 0 amide bonds. The third-order valence-corrected chi connectivity index (χ3v) is 2.89. The quantitative estimate of drug-likeness (QED) is 0.619. The van der Waals surface area contributed by atoms with Crippen molar-refractivity contribution in [2.24, 2.45) is 5.92 Å². The van der Waals surface area contributed by atoms with Crippen molar-refractivity contribution in [1.82, 2.24) is 4.90 Å². The maximum Gasteiger partial charge on any atom is 0.155 e. The van der Waals surface area contributed by atoms with E-state index < -0.39 is 0 Å². The van der Waals surface area contributed by atoms with Crippen LogP contribution >= 0.6 is 0 Å². The molecule has 0 N–H and O–H groups in total. The van der Waals surface area contributed by atoms with Crippen LogP contribution in [0.3, 0.4) is 0 Å². The summed E-state index contributed by atoms with van der Waals surface area (Å²) in [5, 5.41) is 0. The van der Waals surface area contributed by atoms with Crippen LogP contribution in [0.25, 0.3) is 0 Å². The lowest BCUT2D eigenvalue weighted by atomic mass is 10.1. The molecule has 3 nitrogen and oxygen atoms in total. The monoisotopic (exact) mass is 199 g/mol. The van der Waals surface area contributed by atoms with E-state index in [9.17, 15) is 4.79 Å². The van der Waals surface area contributed by atoms with Gasteiger partial charge in [0.25, 0.3) is 0 Å². The standard InChI is InChI=1S/C11H21NO2/c1-4-12(5-2)10(8-14-3)11(13)9-6-7-9/h9-10H,4-8H2,1-3H3. The fourth-order valence-electron chi connectivity index (χ4n) is 1.83. The second kappa shape index (κ2) is 5.47. The molecule has 0 aromatic heterocycles. The highest BCUT2D eigenvalue weighted by Gasteiger charge is 2.36. The predicted octanol–water partition coefficient (Wildman–Crippen LogP) is 1.32. The molecule has 0 radical (unpaired) electrons. The zero-order valence-corrected chi connectivity index (χ0v) is 9.45. The predicted molar refractivity (Wildman–Crippen MR) is 56.3 cm³/mol. The Labute approximate surface area is 86.4 Å². The summed E-state index contributed by atoms with van der Waals surface area (Å²) in [7, 11) is 1.66. The third kappa shape index (κ3) is 2.79. The van der Waals surface area contributed by atoms with Crippen LogP contribution in [0.4, 0.5) is 0 Å². The third-order valence-electron chi connectivity index (χ3n) is 2.89. The van der Waals surface area contributed by atoms with Gasteiger partial charge in [-0.2, -0.15) is 0 Å². The molecule has 1 aliphatic rings. The highest BCUT2D eigenvalue weighted by atomic mass is 16.5. The van der Waals surface area contributed by atoms with Crippen LogP contribution in [0.5, 0.6) is 0 Å². The smallest absolute Gasteiger partial charge is 0.155 e. The van der Waals surface area contributed by atoms with Gasteiger partial charge in [0.15, 0.2) is 5.78 Å². The molecule has 0 aliphatic heterocycles. The molecule has 0 aromatic rings. The lowest BCUT2D eigenvalue weighted by Crippen LogP contribution is -2.44. The SMILES string of the molecule is CCN(CC)C(COC)C(=O)C1CC1.